The summed E-state index contributed by atoms with van der Waals surface area (Å²) >= 11 is 0. The van der Waals surface area contributed by atoms with E-state index in [1.165, 1.54) is 6.07 Å². The number of carbonyl (C=O) groups excluding carboxylic acids is 2. The summed E-state index contributed by atoms with van der Waals surface area (Å²) in [5, 5.41) is 4.92. The van der Waals surface area contributed by atoms with E-state index in [0.717, 1.165) is 18.4 Å². The third-order valence-corrected chi connectivity index (χ3v) is 6.97. The maximum Gasteiger partial charge on any atom is 0.319 e. The SMILES string of the molecule is C[C@H]1COCCN1c1nc(-c2ccc(NC(=O)NCC(N)=O)cc2)cc(-c2cc(F)ccc2S(C)(=O)=O)n1. The van der Waals surface area contributed by atoms with E-state index in [-0.39, 0.29) is 28.7 Å². The zero-order chi connectivity index (χ0) is 27.4. The number of ether oxygens (including phenoxy) is 1. The molecule has 3 aromatic rings. The largest absolute Gasteiger partial charge is 0.377 e. The van der Waals surface area contributed by atoms with Gasteiger partial charge in [0.05, 0.1) is 42.1 Å². The van der Waals surface area contributed by atoms with Gasteiger partial charge in [-0.25, -0.2) is 27.6 Å². The number of carbonyl (C=O) groups is 2. The number of benzene rings is 2. The van der Waals surface area contributed by atoms with Crippen molar-refractivity contribution in [2.45, 2.75) is 17.9 Å². The highest BCUT2D eigenvalue weighted by Crippen LogP contribution is 2.32. The zero-order valence-corrected chi connectivity index (χ0v) is 21.6. The topological polar surface area (TPSA) is 157 Å². The number of amides is 3. The Balaban J connectivity index is 1.76. The van der Waals surface area contributed by atoms with E-state index in [2.05, 4.69) is 15.6 Å². The fourth-order valence-electron chi connectivity index (χ4n) is 3.97. The summed E-state index contributed by atoms with van der Waals surface area (Å²) in [7, 11) is -3.69. The van der Waals surface area contributed by atoms with Crippen LogP contribution in [0.2, 0.25) is 0 Å². The van der Waals surface area contributed by atoms with Crippen LogP contribution in [-0.4, -0.2) is 68.9 Å². The predicted octanol–water partition coefficient (Wildman–Crippen LogP) is 2.19. The van der Waals surface area contributed by atoms with Gasteiger partial charge in [-0.1, -0.05) is 12.1 Å². The summed E-state index contributed by atoms with van der Waals surface area (Å²) < 4.78 is 44.8. The number of anilines is 2. The Morgan fingerprint density at radius 1 is 1.13 bits per heavy atom. The lowest BCUT2D eigenvalue weighted by atomic mass is 10.1. The molecule has 2 aromatic carbocycles. The fraction of sp³-hybridized carbons (Fsp3) is 0.280. The first-order valence-corrected chi connectivity index (χ1v) is 13.6. The Hall–Kier alpha value is -4.10. The fourth-order valence-corrected chi connectivity index (χ4v) is 4.84. The van der Waals surface area contributed by atoms with Gasteiger partial charge < -0.3 is 26.0 Å². The van der Waals surface area contributed by atoms with E-state index in [9.17, 15) is 22.4 Å². The quantitative estimate of drug-likeness (QED) is 0.384. The van der Waals surface area contributed by atoms with Crippen LogP contribution < -0.4 is 21.3 Å². The first-order valence-electron chi connectivity index (χ1n) is 11.7. The average Bonchev–Trinajstić information content (AvgIpc) is 2.87. The molecule has 0 bridgehead atoms. The van der Waals surface area contributed by atoms with E-state index in [1.54, 1.807) is 30.3 Å². The molecule has 0 radical (unpaired) electrons. The summed E-state index contributed by atoms with van der Waals surface area (Å²) in [6.45, 7) is 3.12. The van der Waals surface area contributed by atoms with Crippen molar-refractivity contribution in [3.8, 4) is 22.5 Å². The van der Waals surface area contributed by atoms with Crippen molar-refractivity contribution in [2.75, 3.05) is 42.8 Å². The van der Waals surface area contributed by atoms with Gasteiger partial charge >= 0.3 is 6.03 Å². The Morgan fingerprint density at radius 3 is 2.50 bits per heavy atom. The molecular formula is C25H27FN6O5S. The number of morpholine rings is 1. The third kappa shape index (κ3) is 6.42. The second-order valence-corrected chi connectivity index (χ2v) is 10.8. The second kappa shape index (κ2) is 11.1. The van der Waals surface area contributed by atoms with Gasteiger partial charge in [0, 0.05) is 29.6 Å². The summed E-state index contributed by atoms with van der Waals surface area (Å²) in [6.07, 6.45) is 1.06. The minimum absolute atomic E-state index is 0.0424. The van der Waals surface area contributed by atoms with Crippen molar-refractivity contribution in [2.24, 2.45) is 5.73 Å². The van der Waals surface area contributed by atoms with E-state index in [4.69, 9.17) is 15.5 Å². The van der Waals surface area contributed by atoms with Gasteiger partial charge in [0.1, 0.15) is 5.82 Å². The first-order chi connectivity index (χ1) is 18.0. The van der Waals surface area contributed by atoms with Crippen LogP contribution in [0.3, 0.4) is 0 Å². The number of aromatic nitrogens is 2. The molecule has 1 aliphatic rings. The van der Waals surface area contributed by atoms with Gasteiger partial charge in [-0.3, -0.25) is 4.79 Å². The number of nitrogens with two attached hydrogens (primary N) is 1. The van der Waals surface area contributed by atoms with Gasteiger partial charge in [-0.2, -0.15) is 0 Å². The van der Waals surface area contributed by atoms with E-state index in [1.807, 2.05) is 11.8 Å². The van der Waals surface area contributed by atoms with Crippen LogP contribution in [0.4, 0.5) is 20.8 Å². The molecule has 4 N–H and O–H groups in total. The Bertz CT molecular complexity index is 1470. The standard InChI is InChI=1S/C25H27FN6O5S/c1-15-14-37-10-9-32(15)24-30-20(16-3-6-18(7-4-16)29-25(34)28-13-23(27)33)12-21(31-24)19-11-17(26)5-8-22(19)38(2,35)36/h3-8,11-12,15H,9-10,13-14H2,1-2H3,(H2,27,33)(H2,28,29,34)/t15-/m0/s1. The molecule has 0 unspecified atom stereocenters. The van der Waals surface area contributed by atoms with Crippen molar-refractivity contribution in [1.29, 1.82) is 0 Å². The number of rotatable bonds is 7. The molecule has 0 saturated carbocycles. The second-order valence-electron chi connectivity index (χ2n) is 8.82. The third-order valence-electron chi connectivity index (χ3n) is 5.82. The molecule has 2 heterocycles. The number of urea groups is 1. The molecule has 1 saturated heterocycles. The monoisotopic (exact) mass is 542 g/mol. The van der Waals surface area contributed by atoms with Crippen LogP contribution in [-0.2, 0) is 19.4 Å². The normalized spacial score (nSPS) is 15.7. The minimum Gasteiger partial charge on any atom is -0.377 e. The van der Waals surface area contributed by atoms with Crippen LogP contribution in [0.25, 0.3) is 22.5 Å². The summed E-state index contributed by atoms with van der Waals surface area (Å²) in [5.41, 5.74) is 6.98. The highest BCUT2D eigenvalue weighted by molar-refractivity contribution is 7.90. The molecular weight excluding hydrogens is 515 g/mol. The van der Waals surface area contributed by atoms with Gasteiger partial charge in [0.2, 0.25) is 11.9 Å². The van der Waals surface area contributed by atoms with Gasteiger partial charge in [0.25, 0.3) is 0 Å². The van der Waals surface area contributed by atoms with Crippen LogP contribution >= 0.6 is 0 Å². The van der Waals surface area contributed by atoms with E-state index in [0.29, 0.717) is 42.7 Å². The minimum atomic E-state index is -3.69. The molecule has 1 fully saturated rings. The van der Waals surface area contributed by atoms with Crippen LogP contribution in [0.5, 0.6) is 0 Å². The summed E-state index contributed by atoms with van der Waals surface area (Å²) in [5.74, 6) is -0.915. The lowest BCUT2D eigenvalue weighted by molar-refractivity contribution is -0.117. The molecule has 13 heteroatoms. The lowest BCUT2D eigenvalue weighted by Gasteiger charge is -2.33. The summed E-state index contributed by atoms with van der Waals surface area (Å²) in [4.78, 5) is 34.0. The van der Waals surface area contributed by atoms with Crippen molar-refractivity contribution >= 4 is 33.4 Å². The molecule has 0 aliphatic carbocycles. The molecule has 11 nitrogen and oxygen atoms in total. The highest BCUT2D eigenvalue weighted by atomic mass is 32.2. The molecule has 3 amide bonds. The van der Waals surface area contributed by atoms with Gasteiger partial charge in [-0.05, 0) is 43.3 Å². The van der Waals surface area contributed by atoms with Crippen molar-refractivity contribution in [3.63, 3.8) is 0 Å². The maximum absolute atomic E-state index is 14.3. The Kier molecular flexibility index (Phi) is 7.88. The highest BCUT2D eigenvalue weighted by Gasteiger charge is 2.24. The lowest BCUT2D eigenvalue weighted by Crippen LogP contribution is -2.44. The van der Waals surface area contributed by atoms with Crippen LogP contribution in [0.1, 0.15) is 6.92 Å². The molecule has 1 atom stereocenters. The molecule has 0 spiro atoms. The van der Waals surface area contributed by atoms with Crippen LogP contribution in [0, 0.1) is 5.82 Å². The summed E-state index contributed by atoms with van der Waals surface area (Å²) in [6, 6.07) is 11.1. The molecule has 4 rings (SSSR count). The maximum atomic E-state index is 14.3. The Labute approximate surface area is 219 Å². The zero-order valence-electron chi connectivity index (χ0n) is 20.8. The number of nitrogens with zero attached hydrogens (tertiary/aromatic N) is 3. The smallest absolute Gasteiger partial charge is 0.319 e. The number of halogens is 1. The Morgan fingerprint density at radius 2 is 1.84 bits per heavy atom. The van der Waals surface area contributed by atoms with Crippen LogP contribution in [0.15, 0.2) is 53.4 Å². The van der Waals surface area contributed by atoms with Crippen molar-refractivity contribution in [1.82, 2.24) is 15.3 Å². The number of sulfone groups is 1. The van der Waals surface area contributed by atoms with E-state index < -0.39 is 27.6 Å². The van der Waals surface area contributed by atoms with E-state index >= 15 is 0 Å². The molecule has 1 aliphatic heterocycles. The predicted molar refractivity (Wildman–Crippen MR) is 140 cm³/mol. The van der Waals surface area contributed by atoms with Crippen molar-refractivity contribution in [3.05, 3.63) is 54.3 Å². The number of nitrogens with one attached hydrogen (secondary N) is 2. The average molecular weight is 543 g/mol. The van der Waals surface area contributed by atoms with Gasteiger partial charge in [-0.15, -0.1) is 0 Å². The molecule has 1 aromatic heterocycles. The number of hydrogen-bond donors (Lipinski definition) is 3. The molecule has 200 valence electrons. The number of primary amides is 1. The van der Waals surface area contributed by atoms with Crippen molar-refractivity contribution < 1.29 is 27.1 Å². The molecule has 38 heavy (non-hydrogen) atoms. The first kappa shape index (κ1) is 26.9. The van der Waals surface area contributed by atoms with Gasteiger partial charge in [0.15, 0.2) is 9.84 Å². The number of hydrogen-bond acceptors (Lipinski definition) is 8.